The maximum atomic E-state index is 5.51. The number of hydrogen-bond acceptors (Lipinski definition) is 2. The molecule has 0 aromatic heterocycles. The third-order valence-corrected chi connectivity index (χ3v) is 11.5. The predicted octanol–water partition coefficient (Wildman–Crippen LogP) is 18.1. The number of rotatable bonds is 35. The summed E-state index contributed by atoms with van der Waals surface area (Å²) in [5.41, 5.74) is 9.83. The molecule has 0 saturated carbocycles. The summed E-state index contributed by atoms with van der Waals surface area (Å²) in [5, 5.41) is 0. The van der Waals surface area contributed by atoms with Crippen LogP contribution in [-0.4, -0.2) is 11.4 Å². The minimum Gasteiger partial charge on any atom is -0.250 e. The molecule has 3 heteroatoms. The van der Waals surface area contributed by atoms with Crippen LogP contribution < -0.4 is 0 Å². The summed E-state index contributed by atoms with van der Waals surface area (Å²) in [6, 6.07) is 14.3. The molecule has 0 aliphatic heterocycles. The van der Waals surface area contributed by atoms with Crippen molar-refractivity contribution in [2.45, 2.75) is 253 Å². The molecule has 0 aliphatic rings. The van der Waals surface area contributed by atoms with E-state index in [1.165, 1.54) is 189 Å². The van der Waals surface area contributed by atoms with Crippen LogP contribution in [0, 0.1) is 11.8 Å². The third-order valence-electron chi connectivity index (χ3n) is 11.5. The second-order valence-electron chi connectivity index (χ2n) is 17.3. The van der Waals surface area contributed by atoms with E-state index in [4.69, 9.17) is 9.98 Å². The second kappa shape index (κ2) is 38.0. The maximum Gasteiger partial charge on any atom is 0.135 e. The quantitative estimate of drug-likeness (QED) is 0.0285. The molecule has 0 amide bonds. The molecule has 0 bridgehead atoms. The van der Waals surface area contributed by atoms with E-state index in [1.54, 1.807) is 0 Å². The van der Waals surface area contributed by atoms with Gasteiger partial charge in [0.25, 0.3) is 0 Å². The van der Waals surface area contributed by atoms with Gasteiger partial charge < -0.3 is 0 Å². The van der Waals surface area contributed by atoms with Crippen molar-refractivity contribution in [3.8, 4) is 11.8 Å². The van der Waals surface area contributed by atoms with Crippen molar-refractivity contribution >= 4 is 22.8 Å². The van der Waals surface area contributed by atoms with Crippen LogP contribution >= 0.6 is 0 Å². The van der Waals surface area contributed by atoms with E-state index in [-0.39, 0.29) is 20.4 Å². The van der Waals surface area contributed by atoms with Gasteiger partial charge in [-0.05, 0) is 123 Å². The van der Waals surface area contributed by atoms with Gasteiger partial charge in [-0.1, -0.05) is 194 Å². The van der Waals surface area contributed by atoms with Gasteiger partial charge in [-0.3, -0.25) is 4.99 Å². The van der Waals surface area contributed by atoms with Crippen LogP contribution in [0.15, 0.2) is 46.4 Å². The van der Waals surface area contributed by atoms with Crippen LogP contribution in [0.4, 0.5) is 11.4 Å². The van der Waals surface area contributed by atoms with E-state index in [9.17, 15) is 0 Å². The number of aliphatic imine (C=N–C) groups is 2. The molecular weight excluding hydrogens is 795 g/mol. The van der Waals surface area contributed by atoms with Gasteiger partial charge in [-0.2, -0.15) is 0 Å². The van der Waals surface area contributed by atoms with Crippen LogP contribution in [0.5, 0.6) is 0 Å². The molecule has 0 spiro atoms. The van der Waals surface area contributed by atoms with Gasteiger partial charge in [0.1, 0.15) is 5.71 Å². The molecule has 2 rings (SSSR count). The molecule has 2 aromatic rings. The molecule has 0 heterocycles. The fraction of sp³-hybridized carbons (Fsp3) is 0.709. The maximum absolute atomic E-state index is 5.51. The van der Waals surface area contributed by atoms with Crippen LogP contribution in [0.3, 0.4) is 0 Å². The average Bonchev–Trinajstić information content (AvgIpc) is 3.22. The van der Waals surface area contributed by atoms with Gasteiger partial charge in [-0.15, -0.1) is 0 Å². The molecule has 58 heavy (non-hydrogen) atoms. The fourth-order valence-electron chi connectivity index (χ4n) is 7.84. The van der Waals surface area contributed by atoms with Gasteiger partial charge in [0.2, 0.25) is 0 Å². The summed E-state index contributed by atoms with van der Waals surface area (Å²) in [6.07, 6.45) is 41.7. The summed E-state index contributed by atoms with van der Waals surface area (Å²) < 4.78 is 0. The Balaban J connectivity index is 0.0000168. The zero-order valence-corrected chi connectivity index (χ0v) is 40.6. The number of aryl methyl sites for hydroxylation is 4. The number of unbranched alkanes of at least 4 members (excludes halogenated alkanes) is 22. The standard InChI is InChI=1S/C55H90N2.Pd/c1-7-13-19-21-22-23-24-25-26-27-28-29-30-31-32-33-35-41-55(57-53-46-50(38-17-11-5)43-51(47-53)39-18-12-6)54(40-34-20-14-8-2)56-52-44-48(36-15-9-3)42-49(45-52)37-16-10-4;/h42-47H,7-34,36-40H2,1-6H3;/b56-54+,57-55+;. The summed E-state index contributed by atoms with van der Waals surface area (Å²) in [4.78, 5) is 11.0. The Bertz CT molecular complexity index is 1360. The van der Waals surface area contributed by atoms with Gasteiger partial charge in [-0.25, -0.2) is 4.99 Å². The van der Waals surface area contributed by atoms with E-state index in [0.717, 1.165) is 67.7 Å². The molecule has 0 unspecified atom stereocenters. The van der Waals surface area contributed by atoms with Crippen LogP contribution in [0.1, 0.15) is 250 Å². The van der Waals surface area contributed by atoms with Gasteiger partial charge in [0.15, 0.2) is 0 Å². The van der Waals surface area contributed by atoms with E-state index < -0.39 is 0 Å². The monoisotopic (exact) mass is 885 g/mol. The van der Waals surface area contributed by atoms with Gasteiger partial charge >= 0.3 is 0 Å². The Morgan fingerprint density at radius 1 is 0.379 bits per heavy atom. The molecule has 2 nitrogen and oxygen atoms in total. The van der Waals surface area contributed by atoms with Crippen LogP contribution in [0.25, 0.3) is 0 Å². The first-order valence-corrected chi connectivity index (χ1v) is 25.0. The topological polar surface area (TPSA) is 24.7 Å². The molecule has 0 radical (unpaired) electrons. The SMILES string of the molecule is CCCCCCCCCCCCCCCCCC#CC(=N\c1cc(CCCC)cc(CCCC)c1)/C(CCCCCC)=N/c1cc(CCCC)cc(CCCC)c1.[Pd]. The Morgan fingerprint density at radius 2 is 0.707 bits per heavy atom. The van der Waals surface area contributed by atoms with E-state index in [2.05, 4.69) is 89.8 Å². The Morgan fingerprint density at radius 3 is 1.09 bits per heavy atom. The second-order valence-corrected chi connectivity index (χ2v) is 17.3. The van der Waals surface area contributed by atoms with Crippen molar-refractivity contribution in [1.82, 2.24) is 0 Å². The predicted molar refractivity (Wildman–Crippen MR) is 258 cm³/mol. The average molecular weight is 886 g/mol. The first-order chi connectivity index (χ1) is 28.1. The van der Waals surface area contributed by atoms with Crippen molar-refractivity contribution in [3.05, 3.63) is 58.7 Å². The first-order valence-electron chi connectivity index (χ1n) is 25.0. The minimum atomic E-state index is 0. The summed E-state index contributed by atoms with van der Waals surface area (Å²) >= 11 is 0. The van der Waals surface area contributed by atoms with Crippen molar-refractivity contribution in [2.75, 3.05) is 0 Å². The van der Waals surface area contributed by atoms with E-state index in [1.807, 2.05) is 0 Å². The largest absolute Gasteiger partial charge is 0.250 e. The molecular formula is C55H90N2Pd. The summed E-state index contributed by atoms with van der Waals surface area (Å²) in [5.74, 6) is 7.31. The van der Waals surface area contributed by atoms with Crippen LogP contribution in [0.2, 0.25) is 0 Å². The summed E-state index contributed by atoms with van der Waals surface area (Å²) in [6.45, 7) is 13.8. The molecule has 0 fully saturated rings. The molecule has 2 aromatic carbocycles. The molecule has 0 aliphatic carbocycles. The van der Waals surface area contributed by atoms with E-state index >= 15 is 0 Å². The number of hydrogen-bond donors (Lipinski definition) is 0. The Hall–Kier alpha value is -2.00. The molecule has 330 valence electrons. The van der Waals surface area contributed by atoms with Crippen molar-refractivity contribution in [2.24, 2.45) is 9.98 Å². The Labute approximate surface area is 375 Å². The molecule has 0 atom stereocenters. The molecule has 0 N–H and O–H groups in total. The van der Waals surface area contributed by atoms with Gasteiger partial charge in [0.05, 0.1) is 17.1 Å². The first kappa shape index (κ1) is 54.0. The minimum absolute atomic E-state index is 0. The van der Waals surface area contributed by atoms with Crippen LogP contribution in [-0.2, 0) is 46.1 Å². The molecule has 0 saturated heterocycles. The Kier molecular flexibility index (Phi) is 35.4. The smallest absolute Gasteiger partial charge is 0.135 e. The van der Waals surface area contributed by atoms with Crippen molar-refractivity contribution in [3.63, 3.8) is 0 Å². The fourth-order valence-corrected chi connectivity index (χ4v) is 7.84. The van der Waals surface area contributed by atoms with E-state index in [0.29, 0.717) is 0 Å². The zero-order valence-electron chi connectivity index (χ0n) is 39.0. The zero-order chi connectivity index (χ0) is 41.0. The summed E-state index contributed by atoms with van der Waals surface area (Å²) in [7, 11) is 0. The number of benzene rings is 2. The van der Waals surface area contributed by atoms with Gasteiger partial charge in [0, 0.05) is 26.8 Å². The van der Waals surface area contributed by atoms with Crippen molar-refractivity contribution < 1.29 is 20.4 Å². The third kappa shape index (κ3) is 27.0. The van der Waals surface area contributed by atoms with Crippen molar-refractivity contribution in [1.29, 1.82) is 0 Å². The normalized spacial score (nSPS) is 11.8. The number of nitrogens with zero attached hydrogens (tertiary/aromatic N) is 2.